The number of hydrogen-bond donors (Lipinski definition) is 1. The average Bonchev–Trinajstić information content (AvgIpc) is 2.98. The molecular weight excluding hydrogens is 273 g/mol. The summed E-state index contributed by atoms with van der Waals surface area (Å²) in [6.07, 6.45) is 2.57. The molecule has 1 saturated heterocycles. The van der Waals surface area contributed by atoms with E-state index in [9.17, 15) is 14.3 Å². The van der Waals surface area contributed by atoms with Gasteiger partial charge in [0.05, 0.1) is 11.8 Å². The maximum atomic E-state index is 12.9. The molecule has 6 heteroatoms. The maximum Gasteiger partial charge on any atom is 0.274 e. The van der Waals surface area contributed by atoms with Crippen LogP contribution in [0.5, 0.6) is 0 Å². The van der Waals surface area contributed by atoms with E-state index in [0.717, 1.165) is 0 Å². The van der Waals surface area contributed by atoms with Gasteiger partial charge in [-0.3, -0.25) is 4.79 Å². The summed E-state index contributed by atoms with van der Waals surface area (Å²) < 4.78 is 14.4. The normalized spacial score (nSPS) is 16.2. The summed E-state index contributed by atoms with van der Waals surface area (Å²) in [7, 11) is 0. The van der Waals surface area contributed by atoms with Crippen LogP contribution in [0.3, 0.4) is 0 Å². The molecule has 1 aliphatic rings. The molecule has 0 aliphatic carbocycles. The summed E-state index contributed by atoms with van der Waals surface area (Å²) >= 11 is 0. The zero-order valence-corrected chi connectivity index (χ0v) is 11.4. The Morgan fingerprint density at radius 3 is 2.52 bits per heavy atom. The van der Waals surface area contributed by atoms with Crippen LogP contribution >= 0.6 is 0 Å². The van der Waals surface area contributed by atoms with Gasteiger partial charge in [-0.2, -0.15) is 5.10 Å². The van der Waals surface area contributed by atoms with Crippen molar-refractivity contribution >= 4 is 5.91 Å². The van der Waals surface area contributed by atoms with Gasteiger partial charge < -0.3 is 10.0 Å². The second-order valence-corrected chi connectivity index (χ2v) is 5.15. The summed E-state index contributed by atoms with van der Waals surface area (Å²) in [6.45, 7) is 1.09. The molecule has 1 amide bonds. The van der Waals surface area contributed by atoms with Crippen LogP contribution in [0.2, 0.25) is 0 Å². The number of halogens is 1. The minimum Gasteiger partial charge on any atom is -0.393 e. The van der Waals surface area contributed by atoms with Gasteiger partial charge in [0.25, 0.3) is 5.91 Å². The Labute approximate surface area is 121 Å². The van der Waals surface area contributed by atoms with Crippen molar-refractivity contribution in [2.24, 2.45) is 0 Å². The third-order valence-corrected chi connectivity index (χ3v) is 3.65. The Balaban J connectivity index is 1.75. The van der Waals surface area contributed by atoms with Crippen molar-refractivity contribution < 1.29 is 14.3 Å². The second-order valence-electron chi connectivity index (χ2n) is 5.15. The van der Waals surface area contributed by atoms with Gasteiger partial charge in [-0.25, -0.2) is 9.07 Å². The molecule has 0 radical (unpaired) electrons. The molecule has 0 bridgehead atoms. The Kier molecular flexibility index (Phi) is 3.70. The van der Waals surface area contributed by atoms with Crippen LogP contribution in [-0.2, 0) is 0 Å². The van der Waals surface area contributed by atoms with E-state index < -0.39 is 0 Å². The molecule has 3 rings (SSSR count). The summed E-state index contributed by atoms with van der Waals surface area (Å²) in [4.78, 5) is 14.0. The van der Waals surface area contributed by atoms with Crippen LogP contribution in [0.1, 0.15) is 23.3 Å². The van der Waals surface area contributed by atoms with Crippen LogP contribution in [0, 0.1) is 5.82 Å². The molecule has 1 fully saturated rings. The minimum atomic E-state index is -0.314. The van der Waals surface area contributed by atoms with Crippen molar-refractivity contribution in [2.45, 2.75) is 18.9 Å². The number of carbonyl (C=O) groups is 1. The van der Waals surface area contributed by atoms with E-state index in [1.54, 1.807) is 34.0 Å². The molecule has 21 heavy (non-hydrogen) atoms. The fourth-order valence-corrected chi connectivity index (χ4v) is 2.41. The highest BCUT2D eigenvalue weighted by atomic mass is 19.1. The number of piperidine rings is 1. The first-order valence-corrected chi connectivity index (χ1v) is 6.92. The van der Waals surface area contributed by atoms with E-state index in [-0.39, 0.29) is 17.8 Å². The molecule has 1 aliphatic heterocycles. The molecule has 110 valence electrons. The van der Waals surface area contributed by atoms with Gasteiger partial charge in [0.2, 0.25) is 0 Å². The molecule has 2 aromatic rings. The number of rotatable bonds is 2. The van der Waals surface area contributed by atoms with E-state index >= 15 is 0 Å². The maximum absolute atomic E-state index is 12.9. The van der Waals surface area contributed by atoms with Crippen LogP contribution in [0.25, 0.3) is 5.69 Å². The minimum absolute atomic E-state index is 0.136. The standard InChI is InChI=1S/C15H16FN3O2/c16-11-1-3-12(4-2-11)19-10-7-14(17-19)15(21)18-8-5-13(20)6-9-18/h1-4,7,10,13,20H,5-6,8-9H2. The van der Waals surface area contributed by atoms with Gasteiger partial charge >= 0.3 is 0 Å². The number of aromatic nitrogens is 2. The van der Waals surface area contributed by atoms with Gasteiger partial charge in [-0.05, 0) is 43.2 Å². The van der Waals surface area contributed by atoms with Gasteiger partial charge in [-0.1, -0.05) is 0 Å². The highest BCUT2D eigenvalue weighted by Crippen LogP contribution is 2.14. The summed E-state index contributed by atoms with van der Waals surface area (Å²) in [5.74, 6) is -0.447. The fourth-order valence-electron chi connectivity index (χ4n) is 2.41. The van der Waals surface area contributed by atoms with E-state index in [0.29, 0.717) is 37.3 Å². The highest BCUT2D eigenvalue weighted by Gasteiger charge is 2.23. The lowest BCUT2D eigenvalue weighted by molar-refractivity contribution is 0.0541. The number of aliphatic hydroxyl groups excluding tert-OH is 1. The first kappa shape index (κ1) is 13.8. The molecule has 0 atom stereocenters. The smallest absolute Gasteiger partial charge is 0.274 e. The largest absolute Gasteiger partial charge is 0.393 e. The molecule has 1 aromatic carbocycles. The average molecular weight is 289 g/mol. The molecule has 2 heterocycles. The lowest BCUT2D eigenvalue weighted by Crippen LogP contribution is -2.40. The number of benzene rings is 1. The first-order chi connectivity index (χ1) is 10.1. The fraction of sp³-hybridized carbons (Fsp3) is 0.333. The van der Waals surface area contributed by atoms with Crippen molar-refractivity contribution in [2.75, 3.05) is 13.1 Å². The molecule has 5 nitrogen and oxygen atoms in total. The molecule has 1 aromatic heterocycles. The van der Waals surface area contributed by atoms with Crippen molar-refractivity contribution in [3.63, 3.8) is 0 Å². The van der Waals surface area contributed by atoms with E-state index in [1.807, 2.05) is 0 Å². The third-order valence-electron chi connectivity index (χ3n) is 3.65. The number of amides is 1. The zero-order valence-electron chi connectivity index (χ0n) is 11.4. The molecule has 0 spiro atoms. The Morgan fingerprint density at radius 1 is 1.19 bits per heavy atom. The Bertz CT molecular complexity index is 631. The molecule has 0 unspecified atom stereocenters. The lowest BCUT2D eigenvalue weighted by atomic mass is 10.1. The number of nitrogens with zero attached hydrogens (tertiary/aromatic N) is 3. The van der Waals surface area contributed by atoms with Crippen molar-refractivity contribution in [1.29, 1.82) is 0 Å². The van der Waals surface area contributed by atoms with Crippen LogP contribution < -0.4 is 0 Å². The summed E-state index contributed by atoms with van der Waals surface area (Å²) in [5, 5.41) is 13.7. The predicted molar refractivity (Wildman–Crippen MR) is 74.7 cm³/mol. The number of aliphatic hydroxyl groups is 1. The van der Waals surface area contributed by atoms with Crippen LogP contribution in [0.15, 0.2) is 36.5 Å². The first-order valence-electron chi connectivity index (χ1n) is 6.92. The van der Waals surface area contributed by atoms with E-state index in [4.69, 9.17) is 0 Å². The van der Waals surface area contributed by atoms with E-state index in [2.05, 4.69) is 5.10 Å². The van der Waals surface area contributed by atoms with Crippen LogP contribution in [0.4, 0.5) is 4.39 Å². The zero-order chi connectivity index (χ0) is 14.8. The van der Waals surface area contributed by atoms with Crippen molar-refractivity contribution in [3.05, 3.63) is 48.0 Å². The highest BCUT2D eigenvalue weighted by molar-refractivity contribution is 5.92. The Hall–Kier alpha value is -2.21. The predicted octanol–water partition coefficient (Wildman–Crippen LogP) is 1.61. The number of hydrogen-bond acceptors (Lipinski definition) is 3. The molecule has 0 saturated carbocycles. The topological polar surface area (TPSA) is 58.4 Å². The summed E-state index contributed by atoms with van der Waals surface area (Å²) in [5.41, 5.74) is 1.06. The van der Waals surface area contributed by atoms with Crippen molar-refractivity contribution in [1.82, 2.24) is 14.7 Å². The molecular formula is C15H16FN3O2. The number of carbonyl (C=O) groups excluding carboxylic acids is 1. The van der Waals surface area contributed by atoms with Gasteiger partial charge in [0.1, 0.15) is 5.82 Å². The van der Waals surface area contributed by atoms with Gasteiger partial charge in [-0.15, -0.1) is 0 Å². The summed E-state index contributed by atoms with van der Waals surface area (Å²) in [6, 6.07) is 7.56. The van der Waals surface area contributed by atoms with Gasteiger partial charge in [0.15, 0.2) is 5.69 Å². The lowest BCUT2D eigenvalue weighted by Gasteiger charge is -2.28. The number of likely N-dealkylation sites (tertiary alicyclic amines) is 1. The van der Waals surface area contributed by atoms with Crippen LogP contribution in [-0.4, -0.2) is 44.9 Å². The Morgan fingerprint density at radius 2 is 1.86 bits per heavy atom. The van der Waals surface area contributed by atoms with E-state index in [1.165, 1.54) is 12.1 Å². The third kappa shape index (κ3) is 2.95. The van der Waals surface area contributed by atoms with Gasteiger partial charge in [0, 0.05) is 19.3 Å². The second kappa shape index (κ2) is 5.65. The quantitative estimate of drug-likeness (QED) is 0.913. The van der Waals surface area contributed by atoms with Crippen molar-refractivity contribution in [3.8, 4) is 5.69 Å². The molecule has 1 N–H and O–H groups in total. The SMILES string of the molecule is O=C(c1ccn(-c2ccc(F)cc2)n1)N1CCC(O)CC1. The monoisotopic (exact) mass is 289 g/mol.